The second-order valence-corrected chi connectivity index (χ2v) is 5.69. The number of hydrogen-bond donors (Lipinski definition) is 1. The predicted molar refractivity (Wildman–Crippen MR) is 71.5 cm³/mol. The molecule has 6 heteroatoms. The summed E-state index contributed by atoms with van der Waals surface area (Å²) in [6.07, 6.45) is 1.72. The maximum absolute atomic E-state index is 11.9. The zero-order chi connectivity index (χ0) is 12.4. The number of anilines is 1. The number of aryl methyl sites for hydroxylation is 2. The number of pyridine rings is 1. The summed E-state index contributed by atoms with van der Waals surface area (Å²) < 4.78 is 0.838. The Morgan fingerprint density at radius 1 is 1.41 bits per heavy atom. The Labute approximate surface area is 111 Å². The SMILES string of the molecule is Cc1cc(Br)cc(C(=O)Nc2ncc(C)s2)n1. The molecule has 4 nitrogen and oxygen atoms in total. The maximum Gasteiger partial charge on any atom is 0.276 e. The molecule has 0 aliphatic carbocycles. The van der Waals surface area contributed by atoms with Crippen molar-refractivity contribution in [3.8, 4) is 0 Å². The van der Waals surface area contributed by atoms with E-state index in [1.807, 2.05) is 19.9 Å². The molecule has 2 heterocycles. The van der Waals surface area contributed by atoms with Gasteiger partial charge in [0.1, 0.15) is 5.69 Å². The largest absolute Gasteiger partial charge is 0.296 e. The second-order valence-electron chi connectivity index (χ2n) is 3.54. The van der Waals surface area contributed by atoms with Crippen molar-refractivity contribution in [3.63, 3.8) is 0 Å². The first kappa shape index (κ1) is 12.2. The molecule has 0 saturated carbocycles. The van der Waals surface area contributed by atoms with E-state index in [1.165, 1.54) is 11.3 Å². The third-order valence-electron chi connectivity index (χ3n) is 1.99. The summed E-state index contributed by atoms with van der Waals surface area (Å²) in [4.78, 5) is 21.2. The van der Waals surface area contributed by atoms with Crippen LogP contribution in [-0.2, 0) is 0 Å². The Morgan fingerprint density at radius 2 is 2.18 bits per heavy atom. The van der Waals surface area contributed by atoms with Crippen molar-refractivity contribution in [3.05, 3.63) is 39.1 Å². The van der Waals surface area contributed by atoms with E-state index in [0.29, 0.717) is 10.8 Å². The lowest BCUT2D eigenvalue weighted by molar-refractivity contribution is 0.102. The van der Waals surface area contributed by atoms with Crippen molar-refractivity contribution in [1.29, 1.82) is 0 Å². The topological polar surface area (TPSA) is 54.9 Å². The summed E-state index contributed by atoms with van der Waals surface area (Å²) in [7, 11) is 0. The molecule has 0 aliphatic heterocycles. The van der Waals surface area contributed by atoms with Crippen LogP contribution in [0.25, 0.3) is 0 Å². The highest BCUT2D eigenvalue weighted by Gasteiger charge is 2.10. The molecule has 0 aliphatic rings. The summed E-state index contributed by atoms with van der Waals surface area (Å²) in [6.45, 7) is 3.78. The highest BCUT2D eigenvalue weighted by Crippen LogP contribution is 2.18. The number of nitrogens with one attached hydrogen (secondary N) is 1. The van der Waals surface area contributed by atoms with Crippen LogP contribution >= 0.6 is 27.3 Å². The standard InChI is InChI=1S/C11H10BrN3OS/c1-6-3-8(12)4-9(14-6)10(16)15-11-13-5-7(2)17-11/h3-5H,1-2H3,(H,13,15,16). The minimum atomic E-state index is -0.247. The number of rotatable bonds is 2. The average molecular weight is 312 g/mol. The molecule has 2 aromatic rings. The highest BCUT2D eigenvalue weighted by atomic mass is 79.9. The molecular weight excluding hydrogens is 302 g/mol. The second kappa shape index (κ2) is 4.93. The summed E-state index contributed by atoms with van der Waals surface area (Å²) in [5.41, 5.74) is 1.17. The summed E-state index contributed by atoms with van der Waals surface area (Å²) in [5.74, 6) is -0.247. The highest BCUT2D eigenvalue weighted by molar-refractivity contribution is 9.10. The lowest BCUT2D eigenvalue weighted by Crippen LogP contribution is -2.13. The van der Waals surface area contributed by atoms with Gasteiger partial charge in [-0.05, 0) is 26.0 Å². The monoisotopic (exact) mass is 311 g/mol. The zero-order valence-electron chi connectivity index (χ0n) is 9.32. The molecule has 1 N–H and O–H groups in total. The Kier molecular flexibility index (Phi) is 3.54. The smallest absolute Gasteiger partial charge is 0.276 e. The van der Waals surface area contributed by atoms with Gasteiger partial charge in [0.25, 0.3) is 5.91 Å². The van der Waals surface area contributed by atoms with Crippen LogP contribution in [0.1, 0.15) is 21.1 Å². The molecule has 2 aromatic heterocycles. The van der Waals surface area contributed by atoms with Crippen LogP contribution in [0.4, 0.5) is 5.13 Å². The molecule has 0 unspecified atom stereocenters. The minimum absolute atomic E-state index is 0.247. The Bertz CT molecular complexity index is 547. The van der Waals surface area contributed by atoms with Crippen LogP contribution in [0.3, 0.4) is 0 Å². The van der Waals surface area contributed by atoms with Gasteiger partial charge >= 0.3 is 0 Å². The number of hydrogen-bond acceptors (Lipinski definition) is 4. The molecule has 0 fully saturated rings. The van der Waals surface area contributed by atoms with E-state index in [1.54, 1.807) is 12.3 Å². The van der Waals surface area contributed by atoms with Gasteiger partial charge in [-0.25, -0.2) is 9.97 Å². The molecule has 2 rings (SSSR count). The van der Waals surface area contributed by atoms with E-state index < -0.39 is 0 Å². The van der Waals surface area contributed by atoms with Gasteiger partial charge < -0.3 is 0 Å². The minimum Gasteiger partial charge on any atom is -0.296 e. The van der Waals surface area contributed by atoms with Crippen LogP contribution < -0.4 is 5.32 Å². The predicted octanol–water partition coefficient (Wildman–Crippen LogP) is 3.17. The first-order valence-electron chi connectivity index (χ1n) is 4.92. The van der Waals surface area contributed by atoms with Gasteiger partial charge in [-0.1, -0.05) is 15.9 Å². The molecule has 17 heavy (non-hydrogen) atoms. The Balaban J connectivity index is 2.19. The van der Waals surface area contributed by atoms with Crippen molar-refractivity contribution >= 4 is 38.3 Å². The normalized spacial score (nSPS) is 10.3. The van der Waals surface area contributed by atoms with Crippen LogP contribution in [0.2, 0.25) is 0 Å². The lowest BCUT2D eigenvalue weighted by Gasteiger charge is -2.02. The van der Waals surface area contributed by atoms with Crippen LogP contribution in [0.5, 0.6) is 0 Å². The molecule has 0 atom stereocenters. The molecule has 0 radical (unpaired) electrons. The molecule has 1 amide bonds. The molecule has 0 spiro atoms. The third-order valence-corrected chi connectivity index (χ3v) is 3.28. The molecule has 0 aromatic carbocycles. The van der Waals surface area contributed by atoms with E-state index in [4.69, 9.17) is 0 Å². The Morgan fingerprint density at radius 3 is 2.76 bits per heavy atom. The zero-order valence-corrected chi connectivity index (χ0v) is 11.7. The van der Waals surface area contributed by atoms with Crippen LogP contribution in [0.15, 0.2) is 22.8 Å². The van der Waals surface area contributed by atoms with Gasteiger partial charge in [0.05, 0.1) is 0 Å². The van der Waals surface area contributed by atoms with Gasteiger partial charge in [0.15, 0.2) is 5.13 Å². The Hall–Kier alpha value is -1.27. The number of thiazole rings is 1. The number of carbonyl (C=O) groups is 1. The van der Waals surface area contributed by atoms with Gasteiger partial charge in [0, 0.05) is 21.2 Å². The van der Waals surface area contributed by atoms with Crippen molar-refractivity contribution in [1.82, 2.24) is 9.97 Å². The number of amides is 1. The molecule has 0 bridgehead atoms. The maximum atomic E-state index is 11.9. The van der Waals surface area contributed by atoms with Gasteiger partial charge in [-0.15, -0.1) is 11.3 Å². The number of halogens is 1. The number of carbonyl (C=O) groups excluding carboxylic acids is 1. The van der Waals surface area contributed by atoms with Crippen LogP contribution in [0, 0.1) is 13.8 Å². The lowest BCUT2D eigenvalue weighted by atomic mass is 10.3. The van der Waals surface area contributed by atoms with Crippen molar-refractivity contribution in [2.24, 2.45) is 0 Å². The van der Waals surface area contributed by atoms with Gasteiger partial charge in [0.2, 0.25) is 0 Å². The molecule has 0 saturated heterocycles. The van der Waals surface area contributed by atoms with Gasteiger partial charge in [-0.2, -0.15) is 0 Å². The average Bonchev–Trinajstić information content (AvgIpc) is 2.62. The molecule has 88 valence electrons. The van der Waals surface area contributed by atoms with E-state index in [-0.39, 0.29) is 5.91 Å². The van der Waals surface area contributed by atoms with Crippen LogP contribution in [-0.4, -0.2) is 15.9 Å². The number of aromatic nitrogens is 2. The first-order valence-corrected chi connectivity index (χ1v) is 6.53. The van der Waals surface area contributed by atoms with E-state index in [9.17, 15) is 4.79 Å². The van der Waals surface area contributed by atoms with Crippen molar-refractivity contribution < 1.29 is 4.79 Å². The fraction of sp³-hybridized carbons (Fsp3) is 0.182. The quantitative estimate of drug-likeness (QED) is 0.926. The van der Waals surface area contributed by atoms with Crippen molar-refractivity contribution in [2.75, 3.05) is 5.32 Å². The fourth-order valence-corrected chi connectivity index (χ4v) is 2.52. The van der Waals surface area contributed by atoms with Gasteiger partial charge in [-0.3, -0.25) is 10.1 Å². The van der Waals surface area contributed by atoms with E-state index in [0.717, 1.165) is 15.0 Å². The first-order chi connectivity index (χ1) is 8.04. The van der Waals surface area contributed by atoms with Crippen molar-refractivity contribution in [2.45, 2.75) is 13.8 Å². The summed E-state index contributed by atoms with van der Waals surface area (Å²) in [6, 6.07) is 3.53. The summed E-state index contributed by atoms with van der Waals surface area (Å²) in [5, 5.41) is 3.31. The fourth-order valence-electron chi connectivity index (χ4n) is 1.32. The summed E-state index contributed by atoms with van der Waals surface area (Å²) >= 11 is 4.77. The number of nitrogens with zero attached hydrogens (tertiary/aromatic N) is 2. The third kappa shape index (κ3) is 3.10. The van der Waals surface area contributed by atoms with E-state index >= 15 is 0 Å². The van der Waals surface area contributed by atoms with E-state index in [2.05, 4.69) is 31.2 Å². The molecular formula is C11H10BrN3OS.